The normalized spacial score (nSPS) is 10.7. The minimum Gasteiger partial charge on any atom is -0.493 e. The highest BCUT2D eigenvalue weighted by Crippen LogP contribution is 2.38. The summed E-state index contributed by atoms with van der Waals surface area (Å²) in [6.07, 6.45) is 0. The summed E-state index contributed by atoms with van der Waals surface area (Å²) in [4.78, 5) is 30.6. The molecule has 0 aliphatic rings. The number of rotatable bonds is 9. The smallest absolute Gasteiger partial charge is 0.251 e. The zero-order valence-corrected chi connectivity index (χ0v) is 20.3. The van der Waals surface area contributed by atoms with Gasteiger partial charge in [-0.25, -0.2) is 4.98 Å². The van der Waals surface area contributed by atoms with Gasteiger partial charge in [0, 0.05) is 16.1 Å². The lowest BCUT2D eigenvalue weighted by atomic mass is 10.1. The first kappa shape index (κ1) is 24.1. The zero-order valence-electron chi connectivity index (χ0n) is 19.5. The molecule has 180 valence electrons. The standard InChI is InChI=1S/C26H24ClN3O5/c1-33-22-12-17(13-23(34-2)25(22)35-3)26(32)28-14-24-29-19-6-4-5-7-20(19)30(24)15-21(31)16-8-10-18(27)11-9-16/h4-13H,14-15H2,1-3H3,(H,28,32). The number of aromatic nitrogens is 2. The highest BCUT2D eigenvalue weighted by Gasteiger charge is 2.19. The molecule has 0 saturated carbocycles. The van der Waals surface area contributed by atoms with Gasteiger partial charge < -0.3 is 24.1 Å². The molecular weight excluding hydrogens is 470 g/mol. The van der Waals surface area contributed by atoms with Crippen molar-refractivity contribution in [1.29, 1.82) is 0 Å². The molecular formula is C26H24ClN3O5. The summed E-state index contributed by atoms with van der Waals surface area (Å²) < 4.78 is 17.8. The molecule has 0 aliphatic carbocycles. The fourth-order valence-corrected chi connectivity index (χ4v) is 3.91. The number of ether oxygens (including phenoxy) is 3. The Kier molecular flexibility index (Phi) is 7.22. The third-order valence-electron chi connectivity index (χ3n) is 5.54. The monoisotopic (exact) mass is 493 g/mol. The number of hydrogen-bond acceptors (Lipinski definition) is 6. The lowest BCUT2D eigenvalue weighted by Gasteiger charge is -2.14. The van der Waals surface area contributed by atoms with Gasteiger partial charge in [0.15, 0.2) is 17.3 Å². The van der Waals surface area contributed by atoms with Gasteiger partial charge in [-0.3, -0.25) is 9.59 Å². The number of carbonyl (C=O) groups is 2. The first-order valence-electron chi connectivity index (χ1n) is 10.8. The highest BCUT2D eigenvalue weighted by atomic mass is 35.5. The molecule has 0 aliphatic heterocycles. The fraction of sp³-hybridized carbons (Fsp3) is 0.192. The second-order valence-electron chi connectivity index (χ2n) is 7.63. The van der Waals surface area contributed by atoms with Crippen molar-refractivity contribution in [3.05, 3.63) is 82.6 Å². The van der Waals surface area contributed by atoms with Gasteiger partial charge in [0.25, 0.3) is 5.91 Å². The number of hydrogen-bond donors (Lipinski definition) is 1. The van der Waals surface area contributed by atoms with Crippen LogP contribution in [0.4, 0.5) is 0 Å². The van der Waals surface area contributed by atoms with Crippen LogP contribution >= 0.6 is 11.6 Å². The Morgan fingerprint density at radius 1 is 0.914 bits per heavy atom. The van der Waals surface area contributed by atoms with Gasteiger partial charge >= 0.3 is 0 Å². The summed E-state index contributed by atoms with van der Waals surface area (Å²) in [7, 11) is 4.47. The molecule has 1 N–H and O–H groups in total. The van der Waals surface area contributed by atoms with Crippen molar-refractivity contribution in [3.8, 4) is 17.2 Å². The van der Waals surface area contributed by atoms with Crippen LogP contribution in [0.2, 0.25) is 5.02 Å². The van der Waals surface area contributed by atoms with E-state index in [1.807, 2.05) is 28.8 Å². The number of para-hydroxylation sites is 2. The Labute approximate surface area is 207 Å². The number of methoxy groups -OCH3 is 3. The third kappa shape index (κ3) is 5.07. The summed E-state index contributed by atoms with van der Waals surface area (Å²) >= 11 is 5.95. The van der Waals surface area contributed by atoms with Crippen LogP contribution in [0.3, 0.4) is 0 Å². The van der Waals surface area contributed by atoms with Gasteiger partial charge in [0.05, 0.1) is 45.5 Å². The number of halogens is 1. The van der Waals surface area contributed by atoms with Crippen molar-refractivity contribution >= 4 is 34.3 Å². The highest BCUT2D eigenvalue weighted by molar-refractivity contribution is 6.30. The summed E-state index contributed by atoms with van der Waals surface area (Å²) in [6, 6.07) is 17.4. The van der Waals surface area contributed by atoms with Crippen molar-refractivity contribution in [3.63, 3.8) is 0 Å². The number of nitrogens with one attached hydrogen (secondary N) is 1. The van der Waals surface area contributed by atoms with Crippen LogP contribution in [0.15, 0.2) is 60.7 Å². The average Bonchev–Trinajstić information content (AvgIpc) is 3.23. The molecule has 0 atom stereocenters. The van der Waals surface area contributed by atoms with Crippen LogP contribution in [-0.2, 0) is 13.1 Å². The molecule has 8 nitrogen and oxygen atoms in total. The number of carbonyl (C=O) groups excluding carboxylic acids is 2. The number of nitrogens with zero attached hydrogens (tertiary/aromatic N) is 2. The number of benzene rings is 3. The Balaban J connectivity index is 1.59. The van der Waals surface area contributed by atoms with E-state index < -0.39 is 0 Å². The summed E-state index contributed by atoms with van der Waals surface area (Å²) in [5.74, 6) is 1.24. The fourth-order valence-electron chi connectivity index (χ4n) is 3.78. The van der Waals surface area contributed by atoms with E-state index in [0.717, 1.165) is 11.0 Å². The molecule has 4 rings (SSSR count). The first-order chi connectivity index (χ1) is 16.9. The zero-order chi connectivity index (χ0) is 24.9. The van der Waals surface area contributed by atoms with Crippen LogP contribution in [0.5, 0.6) is 17.2 Å². The first-order valence-corrected chi connectivity index (χ1v) is 11.1. The number of imidazole rings is 1. The second kappa shape index (κ2) is 10.5. The minimum absolute atomic E-state index is 0.0670. The molecule has 0 unspecified atom stereocenters. The predicted octanol–water partition coefficient (Wildman–Crippen LogP) is 4.53. The van der Waals surface area contributed by atoms with Gasteiger partial charge in [-0.05, 0) is 48.5 Å². The predicted molar refractivity (Wildman–Crippen MR) is 133 cm³/mol. The van der Waals surface area contributed by atoms with Crippen LogP contribution in [0.1, 0.15) is 26.5 Å². The van der Waals surface area contributed by atoms with Crippen molar-refractivity contribution in [2.45, 2.75) is 13.1 Å². The number of amides is 1. The van der Waals surface area contributed by atoms with Gasteiger partial charge in [0.1, 0.15) is 5.82 Å². The van der Waals surface area contributed by atoms with E-state index >= 15 is 0 Å². The van der Waals surface area contributed by atoms with Crippen molar-refractivity contribution in [1.82, 2.24) is 14.9 Å². The molecule has 1 heterocycles. The number of fused-ring (bicyclic) bond motifs is 1. The Morgan fingerprint density at radius 3 is 2.20 bits per heavy atom. The third-order valence-corrected chi connectivity index (χ3v) is 5.79. The number of Topliss-reactive ketones (excluding diaryl/α,β-unsaturated/α-hetero) is 1. The topological polar surface area (TPSA) is 91.7 Å². The van der Waals surface area contributed by atoms with E-state index in [9.17, 15) is 9.59 Å². The average molecular weight is 494 g/mol. The van der Waals surface area contributed by atoms with Crippen LogP contribution in [0.25, 0.3) is 11.0 Å². The van der Waals surface area contributed by atoms with Crippen LogP contribution in [0, 0.1) is 0 Å². The van der Waals surface area contributed by atoms with Gasteiger partial charge in [-0.2, -0.15) is 0 Å². The lowest BCUT2D eigenvalue weighted by molar-refractivity contribution is 0.0948. The maximum absolute atomic E-state index is 13.0. The summed E-state index contributed by atoms with van der Waals surface area (Å²) in [5.41, 5.74) is 2.40. The van der Waals surface area contributed by atoms with Crippen LogP contribution in [-0.4, -0.2) is 42.6 Å². The van der Waals surface area contributed by atoms with Crippen molar-refractivity contribution < 1.29 is 23.8 Å². The molecule has 4 aromatic rings. The Hall–Kier alpha value is -4.04. The van der Waals surface area contributed by atoms with Gasteiger partial charge in [-0.1, -0.05) is 23.7 Å². The molecule has 0 radical (unpaired) electrons. The maximum atomic E-state index is 13.0. The molecule has 1 aromatic heterocycles. The van der Waals surface area contributed by atoms with Crippen molar-refractivity contribution in [2.24, 2.45) is 0 Å². The van der Waals surface area contributed by atoms with E-state index in [1.54, 1.807) is 36.4 Å². The molecule has 9 heteroatoms. The summed E-state index contributed by atoms with van der Waals surface area (Å²) in [6.45, 7) is 0.176. The quantitative estimate of drug-likeness (QED) is 0.344. The van der Waals surface area contributed by atoms with E-state index in [1.165, 1.54) is 21.3 Å². The Bertz CT molecular complexity index is 1360. The van der Waals surface area contributed by atoms with E-state index in [0.29, 0.717) is 39.2 Å². The number of ketones is 1. The Morgan fingerprint density at radius 2 is 1.57 bits per heavy atom. The molecule has 1 amide bonds. The molecule has 0 bridgehead atoms. The van der Waals surface area contributed by atoms with Crippen LogP contribution < -0.4 is 19.5 Å². The second-order valence-corrected chi connectivity index (χ2v) is 8.07. The SMILES string of the molecule is COc1cc(C(=O)NCc2nc3ccccc3n2CC(=O)c2ccc(Cl)cc2)cc(OC)c1OC. The molecule has 0 saturated heterocycles. The molecule has 0 spiro atoms. The molecule has 35 heavy (non-hydrogen) atoms. The largest absolute Gasteiger partial charge is 0.493 e. The van der Waals surface area contributed by atoms with Gasteiger partial charge in [-0.15, -0.1) is 0 Å². The molecule has 3 aromatic carbocycles. The lowest BCUT2D eigenvalue weighted by Crippen LogP contribution is -2.25. The summed E-state index contributed by atoms with van der Waals surface area (Å²) in [5, 5.41) is 3.43. The minimum atomic E-state index is -0.355. The molecule has 0 fully saturated rings. The van der Waals surface area contributed by atoms with E-state index in [4.69, 9.17) is 25.8 Å². The van der Waals surface area contributed by atoms with Gasteiger partial charge in [0.2, 0.25) is 5.75 Å². The van der Waals surface area contributed by atoms with E-state index in [2.05, 4.69) is 10.3 Å². The van der Waals surface area contributed by atoms with Crippen molar-refractivity contribution in [2.75, 3.05) is 21.3 Å². The maximum Gasteiger partial charge on any atom is 0.251 e. The van der Waals surface area contributed by atoms with E-state index in [-0.39, 0.29) is 24.8 Å².